The number of hydrogen-bond donors (Lipinski definition) is 4. The monoisotopic (exact) mass is 292 g/mol. The highest BCUT2D eigenvalue weighted by atomic mass is 16.3. The maximum absolute atomic E-state index is 12.4. The van der Waals surface area contributed by atoms with Gasteiger partial charge in [-0.05, 0) is 57.5 Å². The van der Waals surface area contributed by atoms with Gasteiger partial charge in [-0.1, -0.05) is 0 Å². The van der Waals surface area contributed by atoms with Gasteiger partial charge in [-0.3, -0.25) is 4.79 Å². The van der Waals surface area contributed by atoms with Gasteiger partial charge in [0.1, 0.15) is 0 Å². The van der Waals surface area contributed by atoms with E-state index < -0.39 is 0 Å². The summed E-state index contributed by atoms with van der Waals surface area (Å²) in [6, 6.07) is 0.147. The van der Waals surface area contributed by atoms with Crippen LogP contribution in [0.1, 0.15) is 42.0 Å². The number of piperidine rings is 1. The lowest BCUT2D eigenvalue weighted by molar-refractivity contribution is 0.00908. The summed E-state index contributed by atoms with van der Waals surface area (Å²) >= 11 is 0. The summed E-state index contributed by atoms with van der Waals surface area (Å²) < 4.78 is 0. The summed E-state index contributed by atoms with van der Waals surface area (Å²) in [6.07, 6.45) is 5.23. The van der Waals surface area contributed by atoms with Gasteiger partial charge >= 0.3 is 0 Å². The maximum Gasteiger partial charge on any atom is 0.287 e. The average molecular weight is 292 g/mol. The van der Waals surface area contributed by atoms with Crippen molar-refractivity contribution in [3.8, 4) is 0 Å². The third-order valence-corrected chi connectivity index (χ3v) is 4.76. The molecule has 1 aliphatic carbocycles. The molecule has 116 valence electrons. The molecule has 21 heavy (non-hydrogen) atoms. The summed E-state index contributed by atoms with van der Waals surface area (Å²) in [4.78, 5) is 19.4. The maximum atomic E-state index is 12.4. The van der Waals surface area contributed by atoms with Gasteiger partial charge in [0.2, 0.25) is 0 Å². The van der Waals surface area contributed by atoms with E-state index in [9.17, 15) is 9.90 Å². The second-order valence-corrected chi connectivity index (χ2v) is 6.39. The van der Waals surface area contributed by atoms with Gasteiger partial charge in [0.05, 0.1) is 6.10 Å². The molecule has 1 aliphatic heterocycles. The molecule has 1 unspecified atom stereocenters. The molecule has 2 fully saturated rings. The van der Waals surface area contributed by atoms with Crippen molar-refractivity contribution in [2.75, 3.05) is 13.1 Å². The molecule has 1 atom stereocenters. The Morgan fingerprint density at radius 1 is 1.38 bits per heavy atom. The van der Waals surface area contributed by atoms with Crippen LogP contribution in [0.3, 0.4) is 0 Å². The predicted octanol–water partition coefficient (Wildman–Crippen LogP) is 0.587. The molecule has 1 aromatic rings. The average Bonchev–Trinajstić information content (AvgIpc) is 2.89. The molecule has 0 radical (unpaired) electrons. The number of carbonyl (C=O) groups is 1. The number of imidazole rings is 1. The lowest BCUT2D eigenvalue weighted by atomic mass is 9.71. The summed E-state index contributed by atoms with van der Waals surface area (Å²) in [5.41, 5.74) is 0.887. The molecule has 6 nitrogen and oxygen atoms in total. The van der Waals surface area contributed by atoms with E-state index in [-0.39, 0.29) is 18.1 Å². The Bertz CT molecular complexity index is 490. The zero-order valence-electron chi connectivity index (χ0n) is 12.4. The molecule has 3 rings (SSSR count). The van der Waals surface area contributed by atoms with E-state index in [0.29, 0.717) is 17.7 Å². The van der Waals surface area contributed by atoms with Crippen LogP contribution in [-0.2, 0) is 0 Å². The van der Waals surface area contributed by atoms with Crippen molar-refractivity contribution in [2.24, 2.45) is 11.8 Å². The van der Waals surface area contributed by atoms with Crippen LogP contribution in [0.25, 0.3) is 0 Å². The van der Waals surface area contributed by atoms with Crippen molar-refractivity contribution in [3.63, 3.8) is 0 Å². The number of rotatable bonds is 4. The first-order chi connectivity index (χ1) is 10.1. The number of aromatic amines is 1. The van der Waals surface area contributed by atoms with Crippen molar-refractivity contribution in [2.45, 2.75) is 44.8 Å². The minimum absolute atomic E-state index is 0.131. The Hall–Kier alpha value is -1.40. The molecular weight excluding hydrogens is 268 g/mol. The minimum atomic E-state index is -0.193. The van der Waals surface area contributed by atoms with E-state index in [0.717, 1.165) is 44.5 Å². The highest BCUT2D eigenvalue weighted by molar-refractivity contribution is 5.90. The van der Waals surface area contributed by atoms with Gasteiger partial charge in [-0.25, -0.2) is 4.98 Å². The van der Waals surface area contributed by atoms with E-state index >= 15 is 0 Å². The molecule has 4 N–H and O–H groups in total. The lowest BCUT2D eigenvalue weighted by Gasteiger charge is -2.43. The number of H-pyrrole nitrogens is 1. The SMILES string of the molecule is Cc1cnc(C(=O)NC(C2CCNCC2)C2CC(O)C2)[nH]1. The van der Waals surface area contributed by atoms with Crippen LogP contribution < -0.4 is 10.6 Å². The fraction of sp³-hybridized carbons (Fsp3) is 0.733. The molecule has 0 bridgehead atoms. The van der Waals surface area contributed by atoms with Crippen LogP contribution in [0.15, 0.2) is 6.20 Å². The topological polar surface area (TPSA) is 90.0 Å². The third-order valence-electron chi connectivity index (χ3n) is 4.76. The molecular formula is C15H24N4O2. The van der Waals surface area contributed by atoms with Crippen LogP contribution in [0.4, 0.5) is 0 Å². The van der Waals surface area contributed by atoms with E-state index in [1.165, 1.54) is 0 Å². The Morgan fingerprint density at radius 2 is 2.10 bits per heavy atom. The number of nitrogens with one attached hydrogen (secondary N) is 3. The Kier molecular flexibility index (Phi) is 4.26. The standard InChI is InChI=1S/C15H24N4O2/c1-9-8-17-14(18-9)15(21)19-13(11-6-12(20)7-11)10-2-4-16-5-3-10/h8,10-13,16,20H,2-7H2,1H3,(H,17,18)(H,19,21). The van der Waals surface area contributed by atoms with Crippen LogP contribution in [0.2, 0.25) is 0 Å². The normalized spacial score (nSPS) is 27.9. The highest BCUT2D eigenvalue weighted by Gasteiger charge is 2.39. The first kappa shape index (κ1) is 14.5. The quantitative estimate of drug-likeness (QED) is 0.654. The molecule has 0 spiro atoms. The van der Waals surface area contributed by atoms with Crippen LogP contribution in [0.5, 0.6) is 0 Å². The predicted molar refractivity (Wildman–Crippen MR) is 78.9 cm³/mol. The Balaban J connectivity index is 1.67. The number of aliphatic hydroxyl groups is 1. The lowest BCUT2D eigenvalue weighted by Crippen LogP contribution is -2.53. The van der Waals surface area contributed by atoms with Crippen LogP contribution in [0, 0.1) is 18.8 Å². The van der Waals surface area contributed by atoms with Gasteiger partial charge in [-0.2, -0.15) is 0 Å². The first-order valence-electron chi connectivity index (χ1n) is 7.84. The zero-order chi connectivity index (χ0) is 14.8. The Labute approximate surface area is 124 Å². The number of carbonyl (C=O) groups excluding carboxylic acids is 1. The van der Waals surface area contributed by atoms with Crippen molar-refractivity contribution < 1.29 is 9.90 Å². The molecule has 2 aliphatic rings. The van der Waals surface area contributed by atoms with Gasteiger partial charge in [0.15, 0.2) is 5.82 Å². The number of aromatic nitrogens is 2. The Morgan fingerprint density at radius 3 is 2.67 bits per heavy atom. The summed E-state index contributed by atoms with van der Waals surface area (Å²) in [5.74, 6) is 1.13. The smallest absolute Gasteiger partial charge is 0.287 e. The fourth-order valence-corrected chi connectivity index (χ4v) is 3.49. The molecule has 2 heterocycles. The number of amides is 1. The minimum Gasteiger partial charge on any atom is -0.393 e. The zero-order valence-corrected chi connectivity index (χ0v) is 12.4. The van der Waals surface area contributed by atoms with E-state index in [2.05, 4.69) is 20.6 Å². The van der Waals surface area contributed by atoms with Crippen molar-refractivity contribution in [1.82, 2.24) is 20.6 Å². The van der Waals surface area contributed by atoms with Crippen molar-refractivity contribution >= 4 is 5.91 Å². The van der Waals surface area contributed by atoms with E-state index in [1.54, 1.807) is 6.20 Å². The van der Waals surface area contributed by atoms with Gasteiger partial charge in [0, 0.05) is 17.9 Å². The summed E-state index contributed by atoms with van der Waals surface area (Å²) in [5, 5.41) is 16.1. The molecule has 6 heteroatoms. The number of hydrogen-bond acceptors (Lipinski definition) is 4. The summed E-state index contributed by atoms with van der Waals surface area (Å²) in [6.45, 7) is 3.90. The number of aliphatic hydroxyl groups excluding tert-OH is 1. The molecule has 1 saturated carbocycles. The van der Waals surface area contributed by atoms with Crippen LogP contribution in [-0.4, -0.2) is 46.2 Å². The van der Waals surface area contributed by atoms with Crippen molar-refractivity contribution in [1.29, 1.82) is 0 Å². The van der Waals surface area contributed by atoms with Gasteiger partial charge < -0.3 is 20.7 Å². The van der Waals surface area contributed by atoms with Gasteiger partial charge in [-0.15, -0.1) is 0 Å². The molecule has 0 aromatic carbocycles. The van der Waals surface area contributed by atoms with Crippen LogP contribution >= 0.6 is 0 Å². The molecule has 1 aromatic heterocycles. The highest BCUT2D eigenvalue weighted by Crippen LogP contribution is 2.35. The number of nitrogens with zero attached hydrogens (tertiary/aromatic N) is 1. The number of aryl methyl sites for hydroxylation is 1. The second-order valence-electron chi connectivity index (χ2n) is 6.39. The van der Waals surface area contributed by atoms with E-state index in [1.807, 2.05) is 6.92 Å². The molecule has 1 amide bonds. The molecule has 1 saturated heterocycles. The fourth-order valence-electron chi connectivity index (χ4n) is 3.49. The van der Waals surface area contributed by atoms with E-state index in [4.69, 9.17) is 0 Å². The first-order valence-corrected chi connectivity index (χ1v) is 7.84. The van der Waals surface area contributed by atoms with Gasteiger partial charge in [0.25, 0.3) is 5.91 Å². The third kappa shape index (κ3) is 3.27. The second kappa shape index (κ2) is 6.15. The largest absolute Gasteiger partial charge is 0.393 e. The summed E-state index contributed by atoms with van der Waals surface area (Å²) in [7, 11) is 0. The van der Waals surface area contributed by atoms with Crippen molar-refractivity contribution in [3.05, 3.63) is 17.7 Å².